The predicted octanol–water partition coefficient (Wildman–Crippen LogP) is 2.74. The third kappa shape index (κ3) is 2.22. The van der Waals surface area contributed by atoms with Crippen LogP contribution in [0.15, 0.2) is 22.7 Å². The molecule has 7 nitrogen and oxygen atoms in total. The molecular weight excluding hydrogens is 260 g/mol. The van der Waals surface area contributed by atoms with Crippen LogP contribution in [0.25, 0.3) is 11.4 Å². The molecule has 104 valence electrons. The Morgan fingerprint density at radius 1 is 1.50 bits per heavy atom. The minimum atomic E-state index is -0.521. The maximum absolute atomic E-state index is 10.9. The molecule has 1 aliphatic rings. The number of anilines is 1. The van der Waals surface area contributed by atoms with Crippen molar-refractivity contribution >= 4 is 11.4 Å². The Balaban J connectivity index is 1.92. The normalized spacial score (nSPS) is 16.1. The Morgan fingerprint density at radius 3 is 2.90 bits per heavy atom. The van der Waals surface area contributed by atoms with Gasteiger partial charge in [0.2, 0.25) is 11.7 Å². The first-order valence-corrected chi connectivity index (χ1v) is 6.44. The van der Waals surface area contributed by atoms with Crippen LogP contribution >= 0.6 is 0 Å². The fourth-order valence-electron chi connectivity index (χ4n) is 2.18. The summed E-state index contributed by atoms with van der Waals surface area (Å²) in [6.07, 6.45) is 2.37. The molecule has 7 heteroatoms. The van der Waals surface area contributed by atoms with Gasteiger partial charge >= 0.3 is 0 Å². The number of nitrogens with zero attached hydrogens (tertiary/aromatic N) is 3. The van der Waals surface area contributed by atoms with Crippen molar-refractivity contribution in [3.63, 3.8) is 0 Å². The summed E-state index contributed by atoms with van der Waals surface area (Å²) in [7, 11) is 0. The number of nitro benzene ring substituents is 1. The van der Waals surface area contributed by atoms with E-state index < -0.39 is 4.92 Å². The SMILES string of the molecule is C[C@@H](c1nc(-c2ccc(N)c([N+](=O)[O-])c2)no1)C1CC1. The summed E-state index contributed by atoms with van der Waals surface area (Å²) in [4.78, 5) is 14.7. The van der Waals surface area contributed by atoms with E-state index in [0.717, 1.165) is 0 Å². The Morgan fingerprint density at radius 2 is 2.25 bits per heavy atom. The lowest BCUT2D eigenvalue weighted by atomic mass is 10.1. The van der Waals surface area contributed by atoms with Crippen molar-refractivity contribution in [1.29, 1.82) is 0 Å². The second-order valence-electron chi connectivity index (χ2n) is 5.11. The summed E-state index contributed by atoms with van der Waals surface area (Å²) in [5, 5.41) is 14.8. The van der Waals surface area contributed by atoms with E-state index in [0.29, 0.717) is 23.2 Å². The molecule has 1 fully saturated rings. The van der Waals surface area contributed by atoms with Crippen molar-refractivity contribution in [3.8, 4) is 11.4 Å². The lowest BCUT2D eigenvalue weighted by molar-refractivity contribution is -0.383. The fraction of sp³-hybridized carbons (Fsp3) is 0.385. The molecule has 3 rings (SSSR count). The molecular formula is C13H14N4O3. The zero-order valence-electron chi connectivity index (χ0n) is 10.9. The number of aromatic nitrogens is 2. The molecule has 0 aliphatic heterocycles. The lowest BCUT2D eigenvalue weighted by Crippen LogP contribution is -1.97. The van der Waals surface area contributed by atoms with Gasteiger partial charge in [0, 0.05) is 17.5 Å². The van der Waals surface area contributed by atoms with E-state index in [-0.39, 0.29) is 17.3 Å². The lowest BCUT2D eigenvalue weighted by Gasteiger charge is -2.01. The van der Waals surface area contributed by atoms with Crippen LogP contribution in [0, 0.1) is 16.0 Å². The highest BCUT2D eigenvalue weighted by molar-refractivity contribution is 5.68. The molecule has 20 heavy (non-hydrogen) atoms. The maximum Gasteiger partial charge on any atom is 0.292 e. The number of nitrogens with two attached hydrogens (primary N) is 1. The van der Waals surface area contributed by atoms with E-state index in [1.807, 2.05) is 0 Å². The van der Waals surface area contributed by atoms with Gasteiger partial charge in [-0.15, -0.1) is 0 Å². The van der Waals surface area contributed by atoms with Crippen LogP contribution in [0.5, 0.6) is 0 Å². The number of hydrogen-bond acceptors (Lipinski definition) is 6. The average molecular weight is 274 g/mol. The Kier molecular flexibility index (Phi) is 2.89. The van der Waals surface area contributed by atoms with Crippen LogP contribution < -0.4 is 5.73 Å². The van der Waals surface area contributed by atoms with Gasteiger partial charge in [-0.05, 0) is 30.9 Å². The first kappa shape index (κ1) is 12.6. The summed E-state index contributed by atoms with van der Waals surface area (Å²) in [6.45, 7) is 2.06. The van der Waals surface area contributed by atoms with Gasteiger partial charge in [-0.3, -0.25) is 10.1 Å². The van der Waals surface area contributed by atoms with Crippen LogP contribution in [0.3, 0.4) is 0 Å². The first-order chi connectivity index (χ1) is 9.56. The predicted molar refractivity (Wildman–Crippen MR) is 71.9 cm³/mol. The van der Waals surface area contributed by atoms with E-state index in [2.05, 4.69) is 17.1 Å². The molecule has 0 spiro atoms. The van der Waals surface area contributed by atoms with Crippen LogP contribution in [0.4, 0.5) is 11.4 Å². The summed E-state index contributed by atoms with van der Waals surface area (Å²) in [5.41, 5.74) is 6.07. The van der Waals surface area contributed by atoms with Gasteiger partial charge in [-0.1, -0.05) is 12.1 Å². The van der Waals surface area contributed by atoms with Gasteiger partial charge in [0.05, 0.1) is 4.92 Å². The average Bonchev–Trinajstić information content (AvgIpc) is 3.15. The molecule has 0 unspecified atom stereocenters. The Hall–Kier alpha value is -2.44. The third-order valence-electron chi connectivity index (χ3n) is 3.65. The molecule has 1 aromatic heterocycles. The van der Waals surface area contributed by atoms with Gasteiger partial charge < -0.3 is 10.3 Å². The smallest absolute Gasteiger partial charge is 0.292 e. The number of nitro groups is 1. The van der Waals surface area contributed by atoms with Gasteiger partial charge in [-0.25, -0.2) is 0 Å². The molecule has 1 atom stereocenters. The van der Waals surface area contributed by atoms with Crippen LogP contribution in [0.1, 0.15) is 31.6 Å². The second-order valence-corrected chi connectivity index (χ2v) is 5.11. The highest BCUT2D eigenvalue weighted by Crippen LogP contribution is 2.42. The summed E-state index contributed by atoms with van der Waals surface area (Å²) < 4.78 is 5.25. The summed E-state index contributed by atoms with van der Waals surface area (Å²) in [6, 6.07) is 4.50. The number of benzene rings is 1. The molecule has 1 heterocycles. The van der Waals surface area contributed by atoms with Crippen molar-refractivity contribution in [1.82, 2.24) is 10.1 Å². The van der Waals surface area contributed by atoms with Gasteiger partial charge in [-0.2, -0.15) is 4.98 Å². The van der Waals surface area contributed by atoms with Crippen molar-refractivity contribution in [3.05, 3.63) is 34.2 Å². The van der Waals surface area contributed by atoms with Crippen LogP contribution in [0.2, 0.25) is 0 Å². The molecule has 0 radical (unpaired) electrons. The highest BCUT2D eigenvalue weighted by atomic mass is 16.6. The molecule has 0 bridgehead atoms. The van der Waals surface area contributed by atoms with Crippen molar-refractivity contribution < 1.29 is 9.45 Å². The Labute approximate surface area is 114 Å². The Bertz CT molecular complexity index is 663. The molecule has 1 saturated carbocycles. The minimum Gasteiger partial charge on any atom is -0.393 e. The van der Waals surface area contributed by atoms with E-state index in [1.165, 1.54) is 25.0 Å². The second kappa shape index (κ2) is 4.59. The quantitative estimate of drug-likeness (QED) is 0.521. The monoisotopic (exact) mass is 274 g/mol. The van der Waals surface area contributed by atoms with E-state index in [1.54, 1.807) is 6.07 Å². The standard InChI is InChI=1S/C13H14N4O3/c1-7(8-2-3-8)13-15-12(16-20-13)9-4-5-10(14)11(6-9)17(18)19/h4-8H,2-3,14H2,1H3/t7-/m1/s1. The topological polar surface area (TPSA) is 108 Å². The molecule has 0 saturated heterocycles. The largest absolute Gasteiger partial charge is 0.393 e. The van der Waals surface area contributed by atoms with Gasteiger partial charge in [0.1, 0.15) is 5.69 Å². The van der Waals surface area contributed by atoms with Crippen LogP contribution in [-0.4, -0.2) is 15.1 Å². The van der Waals surface area contributed by atoms with E-state index in [9.17, 15) is 10.1 Å². The minimum absolute atomic E-state index is 0.119. The van der Waals surface area contributed by atoms with E-state index >= 15 is 0 Å². The summed E-state index contributed by atoms with van der Waals surface area (Å²) in [5.74, 6) is 1.79. The first-order valence-electron chi connectivity index (χ1n) is 6.44. The highest BCUT2D eigenvalue weighted by Gasteiger charge is 2.32. The van der Waals surface area contributed by atoms with Crippen molar-refractivity contribution in [2.45, 2.75) is 25.7 Å². The molecule has 1 aliphatic carbocycles. The van der Waals surface area contributed by atoms with Gasteiger partial charge in [0.15, 0.2) is 0 Å². The van der Waals surface area contributed by atoms with Crippen molar-refractivity contribution in [2.24, 2.45) is 5.92 Å². The molecule has 2 aromatic rings. The summed E-state index contributed by atoms with van der Waals surface area (Å²) >= 11 is 0. The zero-order valence-corrected chi connectivity index (χ0v) is 10.9. The third-order valence-corrected chi connectivity index (χ3v) is 3.65. The number of rotatable bonds is 4. The molecule has 0 amide bonds. The number of hydrogen-bond donors (Lipinski definition) is 1. The maximum atomic E-state index is 10.9. The number of nitrogen functional groups attached to an aromatic ring is 1. The fourth-order valence-corrected chi connectivity index (χ4v) is 2.18. The van der Waals surface area contributed by atoms with Crippen molar-refractivity contribution in [2.75, 3.05) is 5.73 Å². The van der Waals surface area contributed by atoms with E-state index in [4.69, 9.17) is 10.3 Å². The zero-order chi connectivity index (χ0) is 14.3. The molecule has 1 aromatic carbocycles. The molecule has 2 N–H and O–H groups in total. The van der Waals surface area contributed by atoms with Gasteiger partial charge in [0.25, 0.3) is 5.69 Å². The van der Waals surface area contributed by atoms with Crippen LogP contribution in [-0.2, 0) is 0 Å².